The number of carbonyl (C=O) groups is 1. The summed E-state index contributed by atoms with van der Waals surface area (Å²) in [5, 5.41) is 11.3. The zero-order chi connectivity index (χ0) is 15.2. The van der Waals surface area contributed by atoms with Crippen LogP contribution >= 0.6 is 11.8 Å². The van der Waals surface area contributed by atoms with Gasteiger partial charge in [0.1, 0.15) is 5.82 Å². The average molecular weight is 306 g/mol. The third kappa shape index (κ3) is 3.73. The van der Waals surface area contributed by atoms with Crippen LogP contribution in [0, 0.1) is 17.3 Å². The number of nitrogens with one attached hydrogen (secondary N) is 1. The summed E-state index contributed by atoms with van der Waals surface area (Å²) in [5.74, 6) is -0.869. The maximum atomic E-state index is 14.1. The minimum atomic E-state index is -0.592. The van der Waals surface area contributed by atoms with E-state index in [1.165, 1.54) is 23.9 Å². The highest BCUT2D eigenvalue weighted by atomic mass is 32.2. The molecular formula is C14H15FN4OS. The van der Waals surface area contributed by atoms with Crippen molar-refractivity contribution in [1.29, 1.82) is 5.26 Å². The molecular weight excluding hydrogens is 291 g/mol. The van der Waals surface area contributed by atoms with Crippen LogP contribution < -0.4 is 5.32 Å². The first-order chi connectivity index (χ1) is 10.2. The number of nitriles is 1. The van der Waals surface area contributed by atoms with Gasteiger partial charge in [0.05, 0.1) is 11.3 Å². The number of rotatable bonds is 2. The fourth-order valence-electron chi connectivity index (χ4n) is 2.13. The molecule has 0 saturated carbocycles. The molecule has 0 aliphatic carbocycles. The molecule has 0 unspecified atom stereocenters. The first-order valence-corrected chi connectivity index (χ1v) is 7.75. The number of thioether (sulfide) groups is 1. The molecule has 0 bridgehead atoms. The van der Waals surface area contributed by atoms with Gasteiger partial charge in [-0.2, -0.15) is 5.26 Å². The molecule has 1 aromatic carbocycles. The number of halogens is 1. The third-order valence-electron chi connectivity index (χ3n) is 3.16. The maximum absolute atomic E-state index is 14.1. The number of amides is 1. The number of benzene rings is 1. The summed E-state index contributed by atoms with van der Waals surface area (Å²) in [7, 11) is 0. The van der Waals surface area contributed by atoms with Crippen molar-refractivity contribution in [3.8, 4) is 6.19 Å². The molecule has 0 spiro atoms. The first-order valence-electron chi connectivity index (χ1n) is 6.52. The van der Waals surface area contributed by atoms with E-state index in [4.69, 9.17) is 5.26 Å². The summed E-state index contributed by atoms with van der Waals surface area (Å²) in [4.78, 5) is 17.9. The number of hydrogen-bond donors (Lipinski definition) is 1. The van der Waals surface area contributed by atoms with Crippen molar-refractivity contribution in [2.24, 2.45) is 4.99 Å². The lowest BCUT2D eigenvalue weighted by atomic mass is 10.1. The van der Waals surface area contributed by atoms with Crippen LogP contribution in [0.3, 0.4) is 0 Å². The highest BCUT2D eigenvalue weighted by molar-refractivity contribution is 8.13. The normalized spacial score (nSPS) is 14.9. The van der Waals surface area contributed by atoms with E-state index in [0.29, 0.717) is 23.9 Å². The highest BCUT2D eigenvalue weighted by Gasteiger charge is 2.22. The van der Waals surface area contributed by atoms with Crippen LogP contribution in [-0.4, -0.2) is 35.3 Å². The monoisotopic (exact) mass is 306 g/mol. The SMILES string of the molecule is CSC(=Nc1ccc(C(=O)N2CCCC2)c(F)c1)NC#N. The standard InChI is InChI=1S/C14H15FN4OS/c1-21-14(17-9-16)18-10-4-5-11(12(15)8-10)13(20)19-6-2-3-7-19/h4-5,8H,2-3,6-7H2,1H3,(H,17,18). The summed E-state index contributed by atoms with van der Waals surface area (Å²) in [6, 6.07) is 4.22. The van der Waals surface area contributed by atoms with Gasteiger partial charge in [0.25, 0.3) is 5.91 Å². The smallest absolute Gasteiger partial charge is 0.256 e. The Morgan fingerprint density at radius 1 is 1.48 bits per heavy atom. The van der Waals surface area contributed by atoms with E-state index in [1.54, 1.807) is 23.4 Å². The molecule has 1 N–H and O–H groups in total. The maximum Gasteiger partial charge on any atom is 0.256 e. The minimum Gasteiger partial charge on any atom is -0.339 e. The Morgan fingerprint density at radius 3 is 2.76 bits per heavy atom. The average Bonchev–Trinajstić information content (AvgIpc) is 3.00. The summed E-state index contributed by atoms with van der Waals surface area (Å²) < 4.78 is 14.1. The molecule has 5 nitrogen and oxygen atoms in total. The number of amidine groups is 1. The second-order valence-corrected chi connectivity index (χ2v) is 5.32. The van der Waals surface area contributed by atoms with Gasteiger partial charge in [-0.05, 0) is 31.2 Å². The van der Waals surface area contributed by atoms with Gasteiger partial charge in [-0.15, -0.1) is 0 Å². The quantitative estimate of drug-likeness (QED) is 0.394. The molecule has 1 heterocycles. The van der Waals surface area contributed by atoms with Crippen molar-refractivity contribution in [2.75, 3.05) is 19.3 Å². The molecule has 1 saturated heterocycles. The van der Waals surface area contributed by atoms with Crippen LogP contribution in [0.4, 0.5) is 10.1 Å². The van der Waals surface area contributed by atoms with Crippen LogP contribution in [0.25, 0.3) is 0 Å². The molecule has 0 atom stereocenters. The second-order valence-electron chi connectivity index (χ2n) is 4.52. The van der Waals surface area contributed by atoms with E-state index < -0.39 is 5.82 Å². The molecule has 1 aromatic rings. The van der Waals surface area contributed by atoms with Crippen LogP contribution in [-0.2, 0) is 0 Å². The lowest BCUT2D eigenvalue weighted by molar-refractivity contribution is 0.0788. The Balaban J connectivity index is 2.21. The van der Waals surface area contributed by atoms with E-state index >= 15 is 0 Å². The summed E-state index contributed by atoms with van der Waals surface area (Å²) in [5.41, 5.74) is 0.423. The topological polar surface area (TPSA) is 68.5 Å². The lowest BCUT2D eigenvalue weighted by Crippen LogP contribution is -2.28. The molecule has 0 aromatic heterocycles. The largest absolute Gasteiger partial charge is 0.339 e. The Labute approximate surface area is 126 Å². The van der Waals surface area contributed by atoms with Gasteiger partial charge in [0.15, 0.2) is 11.4 Å². The van der Waals surface area contributed by atoms with Crippen LogP contribution in [0.1, 0.15) is 23.2 Å². The fraction of sp³-hybridized carbons (Fsp3) is 0.357. The molecule has 1 fully saturated rings. The molecule has 0 radical (unpaired) electrons. The minimum absolute atomic E-state index is 0.0646. The van der Waals surface area contributed by atoms with Crippen LogP contribution in [0.2, 0.25) is 0 Å². The number of likely N-dealkylation sites (tertiary alicyclic amines) is 1. The van der Waals surface area contributed by atoms with E-state index in [-0.39, 0.29) is 11.5 Å². The lowest BCUT2D eigenvalue weighted by Gasteiger charge is -2.15. The zero-order valence-electron chi connectivity index (χ0n) is 11.6. The van der Waals surface area contributed by atoms with E-state index in [0.717, 1.165) is 12.8 Å². The van der Waals surface area contributed by atoms with Crippen LogP contribution in [0.15, 0.2) is 23.2 Å². The Bertz CT molecular complexity index is 605. The summed E-state index contributed by atoms with van der Waals surface area (Å²) in [6.45, 7) is 1.36. The molecule has 1 aliphatic heterocycles. The Kier molecular flexibility index (Phi) is 5.17. The zero-order valence-corrected chi connectivity index (χ0v) is 12.4. The molecule has 110 valence electrons. The Hall–Kier alpha value is -2.07. The first kappa shape index (κ1) is 15.3. The van der Waals surface area contributed by atoms with E-state index in [1.807, 2.05) is 0 Å². The predicted molar refractivity (Wildman–Crippen MR) is 80.9 cm³/mol. The van der Waals surface area contributed by atoms with E-state index in [2.05, 4.69) is 10.3 Å². The predicted octanol–water partition coefficient (Wildman–Crippen LogP) is 2.48. The van der Waals surface area contributed by atoms with Gasteiger partial charge >= 0.3 is 0 Å². The van der Waals surface area contributed by atoms with Crippen LogP contribution in [0.5, 0.6) is 0 Å². The molecule has 1 amide bonds. The van der Waals surface area contributed by atoms with Gasteiger partial charge in [0.2, 0.25) is 0 Å². The fourth-order valence-corrected chi connectivity index (χ4v) is 2.47. The van der Waals surface area contributed by atoms with Gasteiger partial charge in [-0.1, -0.05) is 11.8 Å². The van der Waals surface area contributed by atoms with Gasteiger partial charge in [0, 0.05) is 19.2 Å². The molecule has 2 rings (SSSR count). The molecule has 7 heteroatoms. The third-order valence-corrected chi connectivity index (χ3v) is 3.74. The number of hydrogen-bond acceptors (Lipinski definition) is 4. The van der Waals surface area contributed by atoms with Gasteiger partial charge in [-0.3, -0.25) is 10.1 Å². The highest BCUT2D eigenvalue weighted by Crippen LogP contribution is 2.21. The number of nitrogens with zero attached hydrogens (tertiary/aromatic N) is 3. The second kappa shape index (κ2) is 7.09. The van der Waals surface area contributed by atoms with Gasteiger partial charge in [-0.25, -0.2) is 9.38 Å². The Morgan fingerprint density at radius 2 is 2.19 bits per heavy atom. The van der Waals surface area contributed by atoms with Crippen molar-refractivity contribution < 1.29 is 9.18 Å². The number of aliphatic imine (C=N–C) groups is 1. The summed E-state index contributed by atoms with van der Waals surface area (Å²) in [6.07, 6.45) is 5.45. The van der Waals surface area contributed by atoms with Crippen molar-refractivity contribution in [1.82, 2.24) is 10.2 Å². The van der Waals surface area contributed by atoms with Gasteiger partial charge < -0.3 is 4.90 Å². The van der Waals surface area contributed by atoms with Crippen molar-refractivity contribution in [3.05, 3.63) is 29.6 Å². The molecule has 1 aliphatic rings. The van der Waals surface area contributed by atoms with E-state index in [9.17, 15) is 9.18 Å². The van der Waals surface area contributed by atoms with Crippen molar-refractivity contribution in [2.45, 2.75) is 12.8 Å². The summed E-state index contributed by atoms with van der Waals surface area (Å²) >= 11 is 1.24. The molecule has 21 heavy (non-hydrogen) atoms. The van der Waals surface area contributed by atoms with Crippen molar-refractivity contribution in [3.63, 3.8) is 0 Å². The van der Waals surface area contributed by atoms with Crippen molar-refractivity contribution >= 4 is 28.5 Å². The number of carbonyl (C=O) groups excluding carboxylic acids is 1.